The van der Waals surface area contributed by atoms with E-state index in [0.717, 1.165) is 3.57 Å². The number of benzene rings is 1. The van der Waals surface area contributed by atoms with E-state index in [4.69, 9.17) is 0 Å². The van der Waals surface area contributed by atoms with Crippen LogP contribution in [-0.2, 0) is 0 Å². The number of carbonyl (C=O) groups excluding carboxylic acids is 1. The lowest BCUT2D eigenvalue weighted by atomic mass is 9.85. The lowest BCUT2D eigenvalue weighted by Crippen LogP contribution is -2.33. The third-order valence-corrected chi connectivity index (χ3v) is 4.33. The van der Waals surface area contributed by atoms with E-state index < -0.39 is 0 Å². The molecule has 2 N–H and O–H groups in total. The quantitative estimate of drug-likeness (QED) is 0.772. The molecule has 1 aromatic carbocycles. The fraction of sp³-hybridized carbons (Fsp3) is 0.533. The Bertz CT molecular complexity index is 436. The molecule has 19 heavy (non-hydrogen) atoms. The molecular formula is C15H22INO2. The molecule has 1 rings (SSSR count). The van der Waals surface area contributed by atoms with Gasteiger partial charge in [-0.3, -0.25) is 4.79 Å². The summed E-state index contributed by atoms with van der Waals surface area (Å²) >= 11 is 2.03. The van der Waals surface area contributed by atoms with E-state index in [1.165, 1.54) is 6.07 Å². The SMILES string of the molecule is CC(C)C(CNC(=O)c1ccc(I)c(O)c1)C(C)C. The minimum Gasteiger partial charge on any atom is -0.507 e. The third kappa shape index (κ3) is 4.67. The molecule has 1 amide bonds. The van der Waals surface area contributed by atoms with Gasteiger partial charge in [0.15, 0.2) is 0 Å². The normalized spacial score (nSPS) is 11.4. The van der Waals surface area contributed by atoms with Gasteiger partial charge in [0.1, 0.15) is 5.75 Å². The predicted molar refractivity (Wildman–Crippen MR) is 86.3 cm³/mol. The average Bonchev–Trinajstić information content (AvgIpc) is 2.31. The van der Waals surface area contributed by atoms with Crippen LogP contribution < -0.4 is 5.32 Å². The van der Waals surface area contributed by atoms with Crippen molar-refractivity contribution in [2.45, 2.75) is 27.7 Å². The first-order valence-electron chi connectivity index (χ1n) is 6.59. The van der Waals surface area contributed by atoms with Gasteiger partial charge in [0, 0.05) is 12.1 Å². The van der Waals surface area contributed by atoms with E-state index in [9.17, 15) is 9.90 Å². The van der Waals surface area contributed by atoms with Gasteiger partial charge in [-0.2, -0.15) is 0 Å². The van der Waals surface area contributed by atoms with Crippen LogP contribution in [-0.4, -0.2) is 17.6 Å². The second-order valence-corrected chi connectivity index (χ2v) is 6.69. The molecule has 3 nitrogen and oxygen atoms in total. The summed E-state index contributed by atoms with van der Waals surface area (Å²) < 4.78 is 0.747. The third-order valence-electron chi connectivity index (χ3n) is 3.42. The Morgan fingerprint density at radius 1 is 1.26 bits per heavy atom. The van der Waals surface area contributed by atoms with Crippen molar-refractivity contribution in [2.24, 2.45) is 17.8 Å². The maximum absolute atomic E-state index is 12.0. The number of aromatic hydroxyl groups is 1. The molecule has 0 spiro atoms. The van der Waals surface area contributed by atoms with E-state index >= 15 is 0 Å². The van der Waals surface area contributed by atoms with Crippen molar-refractivity contribution >= 4 is 28.5 Å². The fourth-order valence-electron chi connectivity index (χ4n) is 2.21. The molecule has 0 fully saturated rings. The van der Waals surface area contributed by atoms with Crippen LogP contribution in [0, 0.1) is 21.3 Å². The van der Waals surface area contributed by atoms with Gasteiger partial charge in [0.25, 0.3) is 5.91 Å². The Labute approximate surface area is 128 Å². The van der Waals surface area contributed by atoms with E-state index in [-0.39, 0.29) is 11.7 Å². The molecule has 0 saturated carbocycles. The number of carbonyl (C=O) groups is 1. The van der Waals surface area contributed by atoms with Crippen LogP contribution in [0.25, 0.3) is 0 Å². The highest BCUT2D eigenvalue weighted by atomic mass is 127. The van der Waals surface area contributed by atoms with Crippen LogP contribution in [0.2, 0.25) is 0 Å². The van der Waals surface area contributed by atoms with E-state index in [0.29, 0.717) is 29.9 Å². The van der Waals surface area contributed by atoms with Crippen molar-refractivity contribution in [3.05, 3.63) is 27.3 Å². The first-order chi connectivity index (χ1) is 8.82. The summed E-state index contributed by atoms with van der Waals surface area (Å²) in [5.41, 5.74) is 0.504. The molecule has 0 aliphatic rings. The van der Waals surface area contributed by atoms with E-state index in [1.807, 2.05) is 22.6 Å². The smallest absolute Gasteiger partial charge is 0.251 e. The molecule has 0 heterocycles. The number of rotatable bonds is 5. The van der Waals surface area contributed by atoms with Crippen molar-refractivity contribution < 1.29 is 9.90 Å². The first kappa shape index (κ1) is 16.3. The lowest BCUT2D eigenvalue weighted by molar-refractivity contribution is 0.0936. The second kappa shape index (κ2) is 7.12. The molecular weight excluding hydrogens is 353 g/mol. The number of nitrogens with one attached hydrogen (secondary N) is 1. The monoisotopic (exact) mass is 375 g/mol. The standard InChI is InChI=1S/C15H22INO2/c1-9(2)12(10(3)4)8-17-15(19)11-5-6-13(16)14(18)7-11/h5-7,9-10,12,18H,8H2,1-4H3,(H,17,19). The van der Waals surface area contributed by atoms with Crippen LogP contribution in [0.1, 0.15) is 38.1 Å². The lowest BCUT2D eigenvalue weighted by Gasteiger charge is -2.25. The van der Waals surface area contributed by atoms with E-state index in [2.05, 4.69) is 33.0 Å². The Kier molecular flexibility index (Phi) is 6.10. The number of hydrogen-bond acceptors (Lipinski definition) is 2. The maximum atomic E-state index is 12.0. The molecule has 0 bridgehead atoms. The van der Waals surface area contributed by atoms with Gasteiger partial charge >= 0.3 is 0 Å². The van der Waals surface area contributed by atoms with Crippen molar-refractivity contribution in [3.8, 4) is 5.75 Å². The fourth-order valence-corrected chi connectivity index (χ4v) is 2.54. The number of phenols is 1. The molecule has 4 heteroatoms. The number of halogens is 1. The van der Waals surface area contributed by atoms with Crippen LogP contribution in [0.5, 0.6) is 5.75 Å². The van der Waals surface area contributed by atoms with Crippen molar-refractivity contribution in [3.63, 3.8) is 0 Å². The molecule has 0 radical (unpaired) electrons. The molecule has 0 aromatic heterocycles. The zero-order chi connectivity index (χ0) is 14.6. The molecule has 106 valence electrons. The highest BCUT2D eigenvalue weighted by molar-refractivity contribution is 14.1. The summed E-state index contributed by atoms with van der Waals surface area (Å²) in [5, 5.41) is 12.6. The predicted octanol–water partition coefficient (Wildman–Crippen LogP) is 3.65. The van der Waals surface area contributed by atoms with Gasteiger partial charge in [0.05, 0.1) is 3.57 Å². The Hall–Kier alpha value is -0.780. The summed E-state index contributed by atoms with van der Waals surface area (Å²) in [6.45, 7) is 9.36. The van der Waals surface area contributed by atoms with Crippen LogP contribution in [0.15, 0.2) is 18.2 Å². The Balaban J connectivity index is 2.66. The van der Waals surface area contributed by atoms with Crippen molar-refractivity contribution in [2.75, 3.05) is 6.54 Å². The minimum atomic E-state index is -0.127. The van der Waals surface area contributed by atoms with Gasteiger partial charge in [-0.25, -0.2) is 0 Å². The molecule has 0 aliphatic carbocycles. The Morgan fingerprint density at radius 2 is 1.84 bits per heavy atom. The van der Waals surface area contributed by atoms with Gasteiger partial charge in [-0.1, -0.05) is 27.7 Å². The Morgan fingerprint density at radius 3 is 2.32 bits per heavy atom. The molecule has 0 atom stereocenters. The molecule has 0 unspecified atom stereocenters. The minimum absolute atomic E-state index is 0.127. The largest absolute Gasteiger partial charge is 0.507 e. The number of amides is 1. The number of phenolic OH excluding ortho intramolecular Hbond substituents is 1. The summed E-state index contributed by atoms with van der Waals surface area (Å²) in [6, 6.07) is 4.99. The van der Waals surface area contributed by atoms with Crippen LogP contribution in [0.4, 0.5) is 0 Å². The summed E-state index contributed by atoms with van der Waals surface area (Å²) in [6.07, 6.45) is 0. The zero-order valence-corrected chi connectivity index (χ0v) is 14.1. The maximum Gasteiger partial charge on any atom is 0.251 e. The summed E-state index contributed by atoms with van der Waals surface area (Å²) in [5.74, 6) is 1.55. The van der Waals surface area contributed by atoms with Crippen LogP contribution in [0.3, 0.4) is 0 Å². The molecule has 0 saturated heterocycles. The van der Waals surface area contributed by atoms with Crippen LogP contribution >= 0.6 is 22.6 Å². The first-order valence-corrected chi connectivity index (χ1v) is 7.67. The topological polar surface area (TPSA) is 49.3 Å². The van der Waals surface area contributed by atoms with Gasteiger partial charge in [-0.05, 0) is 58.5 Å². The summed E-state index contributed by atoms with van der Waals surface area (Å²) in [4.78, 5) is 12.0. The van der Waals surface area contributed by atoms with Crippen molar-refractivity contribution in [1.29, 1.82) is 0 Å². The highest BCUT2D eigenvalue weighted by Crippen LogP contribution is 2.21. The van der Waals surface area contributed by atoms with Gasteiger partial charge in [0.2, 0.25) is 0 Å². The van der Waals surface area contributed by atoms with E-state index in [1.54, 1.807) is 12.1 Å². The van der Waals surface area contributed by atoms with Crippen molar-refractivity contribution in [1.82, 2.24) is 5.32 Å². The van der Waals surface area contributed by atoms with Gasteiger partial charge < -0.3 is 10.4 Å². The number of hydrogen-bond donors (Lipinski definition) is 2. The highest BCUT2D eigenvalue weighted by Gasteiger charge is 2.18. The second-order valence-electron chi connectivity index (χ2n) is 5.53. The summed E-state index contributed by atoms with van der Waals surface area (Å²) in [7, 11) is 0. The zero-order valence-electron chi connectivity index (χ0n) is 11.9. The van der Waals surface area contributed by atoms with Gasteiger partial charge in [-0.15, -0.1) is 0 Å². The molecule has 0 aliphatic heterocycles. The average molecular weight is 375 g/mol. The molecule has 1 aromatic rings.